The smallest absolute Gasteiger partial charge is 0.312 e. The van der Waals surface area contributed by atoms with E-state index in [-0.39, 0.29) is 11.4 Å². The van der Waals surface area contributed by atoms with Crippen LogP contribution in [-0.2, 0) is 20.0 Å². The first-order chi connectivity index (χ1) is 8.77. The second kappa shape index (κ2) is 6.29. The highest BCUT2D eigenvalue weighted by Gasteiger charge is 2.41. The molecule has 1 aliphatic rings. The topological polar surface area (TPSA) is 48.7 Å². The van der Waals surface area contributed by atoms with E-state index in [1.807, 2.05) is 12.1 Å². The molecule has 1 fully saturated rings. The molecule has 0 unspecified atom stereocenters. The Morgan fingerprint density at radius 3 is 2.89 bits per heavy atom. The van der Waals surface area contributed by atoms with Crippen molar-refractivity contribution in [2.45, 2.75) is 18.6 Å². The van der Waals surface area contributed by atoms with Crippen LogP contribution in [0.5, 0.6) is 0 Å². The van der Waals surface area contributed by atoms with Crippen molar-refractivity contribution < 1.29 is 18.7 Å². The molecule has 0 radical (unpaired) electrons. The summed E-state index contributed by atoms with van der Waals surface area (Å²) in [5.74, 6) is 2.36. The molecule has 2 rings (SSSR count). The van der Waals surface area contributed by atoms with E-state index < -0.39 is 0 Å². The number of hydrogen-bond donors (Lipinski definition) is 0. The Morgan fingerprint density at radius 1 is 1.50 bits per heavy atom. The van der Waals surface area contributed by atoms with Crippen LogP contribution in [0.2, 0.25) is 0 Å². The Kier molecular flexibility index (Phi) is 4.72. The van der Waals surface area contributed by atoms with Gasteiger partial charge in [-0.05, 0) is 25.0 Å². The minimum absolute atomic E-state index is 0.113. The molecule has 0 bridgehead atoms. The van der Waals surface area contributed by atoms with Crippen LogP contribution in [0, 0.1) is 5.41 Å². The molecule has 1 aliphatic heterocycles. The van der Waals surface area contributed by atoms with Crippen LogP contribution in [0.3, 0.4) is 0 Å². The Bertz CT molecular complexity index is 368. The third kappa shape index (κ3) is 3.09. The molecule has 0 saturated carbocycles. The normalized spacial score (nSPS) is 18.5. The van der Waals surface area contributed by atoms with Crippen LogP contribution in [0.25, 0.3) is 0 Å². The number of rotatable bonds is 5. The second-order valence-electron chi connectivity index (χ2n) is 4.46. The number of ether oxygens (including phenoxy) is 2. The maximum atomic E-state index is 12.0. The number of hydrogen-bond acceptors (Lipinski definition) is 5. The van der Waals surface area contributed by atoms with Gasteiger partial charge in [0.15, 0.2) is 0 Å². The van der Waals surface area contributed by atoms with Crippen molar-refractivity contribution in [3.63, 3.8) is 0 Å². The molecule has 0 N–H and O–H groups in total. The first-order valence-electron chi connectivity index (χ1n) is 6.03. The van der Waals surface area contributed by atoms with Gasteiger partial charge >= 0.3 is 5.97 Å². The summed E-state index contributed by atoms with van der Waals surface area (Å²) in [5, 5.41) is 0. The van der Waals surface area contributed by atoms with Gasteiger partial charge < -0.3 is 13.9 Å². The minimum Gasteiger partial charge on any atom is -0.469 e. The Morgan fingerprint density at radius 2 is 2.28 bits per heavy atom. The molecular weight excluding hydrogens is 252 g/mol. The van der Waals surface area contributed by atoms with Gasteiger partial charge in [-0.15, -0.1) is 0 Å². The first kappa shape index (κ1) is 13.5. The van der Waals surface area contributed by atoms with Crippen LogP contribution in [0.4, 0.5) is 0 Å². The van der Waals surface area contributed by atoms with Crippen LogP contribution in [0.1, 0.15) is 18.6 Å². The number of esters is 1. The first-order valence-corrected chi connectivity index (χ1v) is 7.19. The van der Waals surface area contributed by atoms with Gasteiger partial charge in [0.2, 0.25) is 0 Å². The summed E-state index contributed by atoms with van der Waals surface area (Å²) in [6, 6.07) is 3.82. The van der Waals surface area contributed by atoms with E-state index in [9.17, 15) is 4.79 Å². The van der Waals surface area contributed by atoms with Gasteiger partial charge in [-0.3, -0.25) is 4.79 Å². The monoisotopic (exact) mass is 270 g/mol. The van der Waals surface area contributed by atoms with Crippen LogP contribution in [-0.4, -0.2) is 32.0 Å². The highest BCUT2D eigenvalue weighted by Crippen LogP contribution is 2.36. The van der Waals surface area contributed by atoms with E-state index in [1.54, 1.807) is 18.0 Å². The number of carbonyl (C=O) groups is 1. The zero-order valence-corrected chi connectivity index (χ0v) is 11.3. The summed E-state index contributed by atoms with van der Waals surface area (Å²) in [4.78, 5) is 12.0. The molecule has 18 heavy (non-hydrogen) atoms. The summed E-state index contributed by atoms with van der Waals surface area (Å²) in [6.07, 6.45) is 3.15. The molecule has 0 aliphatic carbocycles. The summed E-state index contributed by atoms with van der Waals surface area (Å²) in [6.45, 7) is 1.27. The van der Waals surface area contributed by atoms with Crippen molar-refractivity contribution in [3.8, 4) is 0 Å². The van der Waals surface area contributed by atoms with E-state index in [0.717, 1.165) is 30.1 Å². The molecular formula is C13H18O4S. The van der Waals surface area contributed by atoms with Crippen molar-refractivity contribution in [3.05, 3.63) is 24.2 Å². The number of methoxy groups -OCH3 is 1. The van der Waals surface area contributed by atoms with Gasteiger partial charge in [0.1, 0.15) is 5.76 Å². The molecule has 2 heterocycles. The average molecular weight is 270 g/mol. The molecule has 100 valence electrons. The zero-order valence-electron chi connectivity index (χ0n) is 10.5. The molecule has 0 aromatic carbocycles. The van der Waals surface area contributed by atoms with Crippen molar-refractivity contribution >= 4 is 17.7 Å². The highest BCUT2D eigenvalue weighted by molar-refractivity contribution is 7.98. The van der Waals surface area contributed by atoms with E-state index >= 15 is 0 Å². The van der Waals surface area contributed by atoms with E-state index in [4.69, 9.17) is 13.9 Å². The lowest BCUT2D eigenvalue weighted by molar-refractivity contribution is -0.156. The molecule has 1 aromatic heterocycles. The van der Waals surface area contributed by atoms with Crippen molar-refractivity contribution in [2.75, 3.05) is 26.1 Å². The molecule has 5 heteroatoms. The fourth-order valence-corrected chi connectivity index (χ4v) is 3.39. The molecule has 4 nitrogen and oxygen atoms in total. The Labute approximate surface area is 111 Å². The predicted octanol–water partition coefficient (Wildman–Crippen LogP) is 2.48. The molecule has 0 atom stereocenters. The molecule has 1 saturated heterocycles. The average Bonchev–Trinajstić information content (AvgIpc) is 2.92. The van der Waals surface area contributed by atoms with Gasteiger partial charge in [-0.2, -0.15) is 11.8 Å². The van der Waals surface area contributed by atoms with Gasteiger partial charge in [0.05, 0.1) is 24.5 Å². The number of thioether (sulfide) groups is 1. The van der Waals surface area contributed by atoms with Crippen LogP contribution < -0.4 is 0 Å². The highest BCUT2D eigenvalue weighted by atomic mass is 32.2. The van der Waals surface area contributed by atoms with Crippen molar-refractivity contribution in [2.24, 2.45) is 5.41 Å². The van der Waals surface area contributed by atoms with Gasteiger partial charge in [0, 0.05) is 19.0 Å². The molecule has 0 spiro atoms. The lowest BCUT2D eigenvalue weighted by Gasteiger charge is -2.33. The summed E-state index contributed by atoms with van der Waals surface area (Å²) in [7, 11) is 1.46. The maximum absolute atomic E-state index is 12.0. The SMILES string of the molecule is COC(=O)C1(CSCc2ccco2)CCOCC1. The maximum Gasteiger partial charge on any atom is 0.312 e. The van der Waals surface area contributed by atoms with Gasteiger partial charge in [-0.25, -0.2) is 0 Å². The van der Waals surface area contributed by atoms with Crippen LogP contribution >= 0.6 is 11.8 Å². The van der Waals surface area contributed by atoms with E-state index in [2.05, 4.69) is 0 Å². The minimum atomic E-state index is -0.385. The number of carbonyl (C=O) groups excluding carboxylic acids is 1. The van der Waals surface area contributed by atoms with Gasteiger partial charge in [-0.1, -0.05) is 0 Å². The fourth-order valence-electron chi connectivity index (χ4n) is 2.13. The van der Waals surface area contributed by atoms with Crippen LogP contribution in [0.15, 0.2) is 22.8 Å². The summed E-state index contributed by atoms with van der Waals surface area (Å²) < 4.78 is 15.6. The van der Waals surface area contributed by atoms with E-state index in [1.165, 1.54) is 7.11 Å². The Balaban J connectivity index is 1.91. The fraction of sp³-hybridized carbons (Fsp3) is 0.615. The summed E-state index contributed by atoms with van der Waals surface area (Å²) in [5.41, 5.74) is -0.385. The standard InChI is InChI=1S/C13H18O4S/c1-15-12(14)13(4-7-16-8-5-13)10-18-9-11-3-2-6-17-11/h2-3,6H,4-5,7-10H2,1H3. The van der Waals surface area contributed by atoms with Crippen molar-refractivity contribution in [1.82, 2.24) is 0 Å². The predicted molar refractivity (Wildman–Crippen MR) is 69.4 cm³/mol. The third-order valence-electron chi connectivity index (χ3n) is 3.27. The van der Waals surface area contributed by atoms with Crippen molar-refractivity contribution in [1.29, 1.82) is 0 Å². The lowest BCUT2D eigenvalue weighted by Crippen LogP contribution is -2.40. The molecule has 1 aromatic rings. The van der Waals surface area contributed by atoms with E-state index in [0.29, 0.717) is 13.2 Å². The Hall–Kier alpha value is -0.940. The lowest BCUT2D eigenvalue weighted by atomic mass is 9.82. The third-order valence-corrected chi connectivity index (χ3v) is 4.52. The largest absolute Gasteiger partial charge is 0.469 e. The molecule has 0 amide bonds. The van der Waals surface area contributed by atoms with Gasteiger partial charge in [0.25, 0.3) is 0 Å². The zero-order chi connectivity index (χ0) is 12.8. The quantitative estimate of drug-likeness (QED) is 0.769. The summed E-state index contributed by atoms with van der Waals surface area (Å²) >= 11 is 1.71. The number of furan rings is 1. The second-order valence-corrected chi connectivity index (χ2v) is 5.44.